The van der Waals surface area contributed by atoms with Crippen LogP contribution in [-0.4, -0.2) is 36.5 Å². The predicted molar refractivity (Wildman–Crippen MR) is 94.0 cm³/mol. The number of nitrogen functional groups attached to an aromatic ring is 1. The number of rotatable bonds is 3. The monoisotopic (exact) mass is 345 g/mol. The molecule has 3 saturated heterocycles. The number of hydrogen-bond donors (Lipinski definition) is 2. The molecule has 5 nitrogen and oxygen atoms in total. The lowest BCUT2D eigenvalue weighted by atomic mass is 9.84. The van der Waals surface area contributed by atoms with Crippen LogP contribution in [0.5, 0.6) is 0 Å². The van der Waals surface area contributed by atoms with Gasteiger partial charge in [-0.05, 0) is 62.2 Å². The zero-order valence-electron chi connectivity index (χ0n) is 13.3. The molecule has 2 bridgehead atoms. The lowest BCUT2D eigenvalue weighted by Crippen LogP contribution is -2.57. The third kappa shape index (κ3) is 2.89. The van der Waals surface area contributed by atoms with Gasteiger partial charge in [-0.1, -0.05) is 11.6 Å². The first-order chi connectivity index (χ1) is 11.6. The molecule has 3 fully saturated rings. The Morgan fingerprint density at radius 1 is 1.25 bits per heavy atom. The Labute approximate surface area is 145 Å². The van der Waals surface area contributed by atoms with E-state index >= 15 is 0 Å². The largest absolute Gasteiger partial charge is 0.451 e. The quantitative estimate of drug-likeness (QED) is 0.839. The van der Waals surface area contributed by atoms with E-state index in [1.807, 2.05) is 0 Å². The number of nitrogens with two attached hydrogens (primary N) is 1. The third-order valence-electron chi connectivity index (χ3n) is 5.06. The maximum Gasteiger partial charge on any atom is 0.287 e. The summed E-state index contributed by atoms with van der Waals surface area (Å²) in [6.07, 6.45) is 2.32. The molecule has 0 radical (unpaired) electrons. The van der Waals surface area contributed by atoms with Crippen molar-refractivity contribution in [2.45, 2.75) is 18.9 Å². The van der Waals surface area contributed by atoms with E-state index in [1.54, 1.807) is 30.3 Å². The minimum absolute atomic E-state index is 0.161. The number of anilines is 1. The van der Waals surface area contributed by atoms with Gasteiger partial charge in [0.25, 0.3) is 5.91 Å². The number of halogens is 1. The summed E-state index contributed by atoms with van der Waals surface area (Å²) in [4.78, 5) is 14.9. The molecule has 1 aromatic carbocycles. The van der Waals surface area contributed by atoms with Crippen molar-refractivity contribution in [2.24, 2.45) is 5.92 Å². The molecule has 6 heteroatoms. The average Bonchev–Trinajstić information content (AvgIpc) is 3.06. The van der Waals surface area contributed by atoms with E-state index in [9.17, 15) is 4.79 Å². The Morgan fingerprint density at radius 2 is 2.04 bits per heavy atom. The van der Waals surface area contributed by atoms with Crippen molar-refractivity contribution in [1.82, 2.24) is 10.2 Å². The Bertz CT molecular complexity index is 765. The van der Waals surface area contributed by atoms with Crippen LogP contribution in [0.1, 0.15) is 23.4 Å². The van der Waals surface area contributed by atoms with E-state index in [4.69, 9.17) is 21.8 Å². The summed E-state index contributed by atoms with van der Waals surface area (Å²) in [6.45, 7) is 3.24. The Kier molecular flexibility index (Phi) is 3.98. The molecule has 0 aliphatic carbocycles. The summed E-state index contributed by atoms with van der Waals surface area (Å²) in [5, 5.41) is 3.64. The molecule has 126 valence electrons. The molecule has 3 aliphatic rings. The number of amides is 1. The predicted octanol–water partition coefficient (Wildman–Crippen LogP) is 3.01. The molecular weight excluding hydrogens is 326 g/mol. The molecule has 1 atom stereocenters. The van der Waals surface area contributed by atoms with Gasteiger partial charge in [-0.15, -0.1) is 0 Å². The van der Waals surface area contributed by atoms with Crippen LogP contribution in [-0.2, 0) is 0 Å². The number of nitrogens with one attached hydrogen (secondary N) is 1. The molecule has 3 aliphatic heterocycles. The van der Waals surface area contributed by atoms with Gasteiger partial charge in [0.2, 0.25) is 0 Å². The van der Waals surface area contributed by atoms with E-state index < -0.39 is 0 Å². The zero-order valence-corrected chi connectivity index (χ0v) is 14.1. The third-order valence-corrected chi connectivity index (χ3v) is 5.37. The number of carbonyl (C=O) groups is 1. The number of hydrogen-bond acceptors (Lipinski definition) is 4. The Hall–Kier alpha value is -1.98. The molecule has 1 aromatic heterocycles. The molecule has 4 heterocycles. The molecular formula is C18H20ClN3O2. The second-order valence-corrected chi connectivity index (χ2v) is 7.03. The first kappa shape index (κ1) is 15.5. The van der Waals surface area contributed by atoms with Gasteiger partial charge in [-0.2, -0.15) is 0 Å². The summed E-state index contributed by atoms with van der Waals surface area (Å²) in [5.74, 6) is 1.31. The highest BCUT2D eigenvalue weighted by Gasteiger charge is 2.35. The number of carbonyl (C=O) groups excluding carboxylic acids is 1. The zero-order chi connectivity index (χ0) is 16.7. The van der Waals surface area contributed by atoms with Crippen LogP contribution in [0.2, 0.25) is 5.02 Å². The smallest absolute Gasteiger partial charge is 0.287 e. The van der Waals surface area contributed by atoms with Crippen molar-refractivity contribution in [3.05, 3.63) is 41.1 Å². The van der Waals surface area contributed by atoms with Gasteiger partial charge in [0.1, 0.15) is 5.76 Å². The summed E-state index contributed by atoms with van der Waals surface area (Å²) in [5.41, 5.74) is 7.03. The van der Waals surface area contributed by atoms with Gasteiger partial charge in [-0.25, -0.2) is 0 Å². The molecule has 0 unspecified atom stereocenters. The first-order valence-electron chi connectivity index (χ1n) is 8.28. The molecule has 1 amide bonds. The van der Waals surface area contributed by atoms with Crippen LogP contribution in [0, 0.1) is 5.92 Å². The van der Waals surface area contributed by atoms with Gasteiger partial charge in [-0.3, -0.25) is 4.79 Å². The van der Waals surface area contributed by atoms with Crippen molar-refractivity contribution in [1.29, 1.82) is 0 Å². The number of fused-ring (bicyclic) bond motifs is 3. The maximum atomic E-state index is 12.5. The van der Waals surface area contributed by atoms with Crippen LogP contribution in [0.4, 0.5) is 5.69 Å². The Morgan fingerprint density at radius 3 is 2.71 bits per heavy atom. The van der Waals surface area contributed by atoms with Gasteiger partial charge in [0.15, 0.2) is 5.76 Å². The maximum absolute atomic E-state index is 12.5. The number of furan rings is 1. The second kappa shape index (κ2) is 6.15. The van der Waals surface area contributed by atoms with Gasteiger partial charge >= 0.3 is 0 Å². The van der Waals surface area contributed by atoms with E-state index in [-0.39, 0.29) is 11.9 Å². The van der Waals surface area contributed by atoms with Crippen LogP contribution in [0.15, 0.2) is 34.7 Å². The fourth-order valence-electron chi connectivity index (χ4n) is 3.70. The van der Waals surface area contributed by atoms with Crippen LogP contribution < -0.4 is 11.1 Å². The average molecular weight is 346 g/mol. The van der Waals surface area contributed by atoms with Gasteiger partial charge in [0, 0.05) is 23.8 Å². The number of piperidine rings is 3. The molecule has 0 spiro atoms. The van der Waals surface area contributed by atoms with E-state index in [1.165, 1.54) is 0 Å². The van der Waals surface area contributed by atoms with Crippen molar-refractivity contribution in [3.63, 3.8) is 0 Å². The normalized spacial score (nSPS) is 25.6. The summed E-state index contributed by atoms with van der Waals surface area (Å²) in [6, 6.07) is 8.91. The highest BCUT2D eigenvalue weighted by atomic mass is 35.5. The minimum atomic E-state index is -0.161. The summed E-state index contributed by atoms with van der Waals surface area (Å²) >= 11 is 6.21. The summed E-state index contributed by atoms with van der Waals surface area (Å²) in [7, 11) is 0. The highest BCUT2D eigenvalue weighted by molar-refractivity contribution is 6.33. The van der Waals surface area contributed by atoms with E-state index in [0.717, 1.165) is 38.0 Å². The fourth-order valence-corrected chi connectivity index (χ4v) is 3.99. The van der Waals surface area contributed by atoms with Crippen molar-refractivity contribution < 1.29 is 9.21 Å². The highest BCUT2D eigenvalue weighted by Crippen LogP contribution is 2.31. The molecule has 24 heavy (non-hydrogen) atoms. The van der Waals surface area contributed by atoms with Crippen molar-refractivity contribution >= 4 is 23.2 Å². The topological polar surface area (TPSA) is 71.5 Å². The summed E-state index contributed by atoms with van der Waals surface area (Å²) < 4.78 is 5.72. The first-order valence-corrected chi connectivity index (χ1v) is 8.66. The standard InChI is InChI=1S/C18H20ClN3O2/c19-14-9-12(20)1-2-13(14)16-3-4-17(24-16)18(23)21-15-10-22-7-5-11(15)6-8-22/h1-4,9,11,15H,5-8,10,20H2,(H,21,23)/t15-/m0/s1. The van der Waals surface area contributed by atoms with Crippen molar-refractivity contribution in [3.8, 4) is 11.3 Å². The second-order valence-electron chi connectivity index (χ2n) is 6.62. The van der Waals surface area contributed by atoms with Crippen molar-refractivity contribution in [2.75, 3.05) is 25.4 Å². The van der Waals surface area contributed by atoms with Crippen LogP contribution in [0.3, 0.4) is 0 Å². The lowest BCUT2D eigenvalue weighted by molar-refractivity contribution is 0.0606. The number of benzene rings is 1. The fraction of sp³-hybridized carbons (Fsp3) is 0.389. The number of nitrogens with zero attached hydrogens (tertiary/aromatic N) is 1. The lowest BCUT2D eigenvalue weighted by Gasteiger charge is -2.44. The van der Waals surface area contributed by atoms with E-state index in [0.29, 0.717) is 28.1 Å². The van der Waals surface area contributed by atoms with Crippen LogP contribution in [0.25, 0.3) is 11.3 Å². The SMILES string of the molecule is Nc1ccc(-c2ccc(C(=O)N[C@H]3CN4CCC3CC4)o2)c(Cl)c1. The molecule has 3 N–H and O–H groups in total. The minimum Gasteiger partial charge on any atom is -0.451 e. The van der Waals surface area contributed by atoms with Gasteiger partial charge < -0.3 is 20.4 Å². The molecule has 5 rings (SSSR count). The molecule has 2 aromatic rings. The Balaban J connectivity index is 1.49. The van der Waals surface area contributed by atoms with Crippen LogP contribution >= 0.6 is 11.6 Å². The molecule has 0 saturated carbocycles. The van der Waals surface area contributed by atoms with E-state index in [2.05, 4.69) is 10.2 Å². The van der Waals surface area contributed by atoms with Gasteiger partial charge in [0.05, 0.1) is 5.02 Å².